The molecule has 0 aliphatic carbocycles. The quantitative estimate of drug-likeness (QED) is 0.734. The molecule has 1 N–H and O–H groups in total. The summed E-state index contributed by atoms with van der Waals surface area (Å²) in [6, 6.07) is 14.7. The van der Waals surface area contributed by atoms with Gasteiger partial charge >= 0.3 is 0 Å². The molecule has 1 unspecified atom stereocenters. The zero-order chi connectivity index (χ0) is 16.2. The Kier molecular flexibility index (Phi) is 2.93. The molecule has 0 amide bonds. The Morgan fingerprint density at radius 3 is 2.74 bits per heavy atom. The van der Waals surface area contributed by atoms with Gasteiger partial charge in [0.05, 0.1) is 11.9 Å². The first-order valence-electron chi connectivity index (χ1n) is 7.61. The van der Waals surface area contributed by atoms with Crippen molar-refractivity contribution in [2.24, 2.45) is 0 Å². The third-order valence-electron chi connectivity index (χ3n) is 4.67. The highest BCUT2D eigenvalue weighted by Gasteiger charge is 2.44. The zero-order valence-electron chi connectivity index (χ0n) is 13.0. The van der Waals surface area contributed by atoms with Crippen LogP contribution in [0.25, 0.3) is 10.9 Å². The van der Waals surface area contributed by atoms with E-state index in [0.29, 0.717) is 5.52 Å². The van der Waals surface area contributed by atoms with Gasteiger partial charge in [-0.15, -0.1) is 0 Å². The normalized spacial score (nSPS) is 19.1. The molecule has 1 aromatic heterocycles. The minimum Gasteiger partial charge on any atom is -0.372 e. The molecule has 1 atom stereocenters. The highest BCUT2D eigenvalue weighted by Crippen LogP contribution is 2.47. The number of pyridine rings is 1. The Morgan fingerprint density at radius 1 is 1.13 bits per heavy atom. The van der Waals surface area contributed by atoms with Gasteiger partial charge in [0.2, 0.25) is 0 Å². The Morgan fingerprint density at radius 2 is 1.91 bits per heavy atom. The molecule has 0 fully saturated rings. The number of para-hydroxylation sites is 2. The van der Waals surface area contributed by atoms with Crippen LogP contribution >= 0.6 is 0 Å². The smallest absolute Gasteiger partial charge is 0.149 e. The van der Waals surface area contributed by atoms with E-state index in [9.17, 15) is 9.50 Å². The Labute approximate surface area is 134 Å². The van der Waals surface area contributed by atoms with E-state index in [4.69, 9.17) is 0 Å². The maximum atomic E-state index is 13.8. The summed E-state index contributed by atoms with van der Waals surface area (Å²) < 4.78 is 13.8. The van der Waals surface area contributed by atoms with E-state index < -0.39 is 11.6 Å². The lowest BCUT2D eigenvalue weighted by Crippen LogP contribution is -2.38. The SMILES string of the molecule is CC1(C)c2ccccc2N(c2cnc3c(F)cccc3c2)C1O. The van der Waals surface area contributed by atoms with Gasteiger partial charge in [0.25, 0.3) is 0 Å². The molecule has 2 heterocycles. The fourth-order valence-electron chi connectivity index (χ4n) is 3.35. The molecule has 0 bridgehead atoms. The van der Waals surface area contributed by atoms with E-state index in [1.807, 2.05) is 55.1 Å². The average molecular weight is 308 g/mol. The molecular formula is C19H17FN2O. The van der Waals surface area contributed by atoms with Crippen molar-refractivity contribution >= 4 is 22.3 Å². The standard InChI is InChI=1S/C19H17FN2O/c1-19(2)14-7-3-4-9-16(14)22(18(19)23)13-10-12-6-5-8-15(20)17(12)21-11-13/h3-11,18,23H,1-2H3. The number of aromatic nitrogens is 1. The van der Waals surface area contributed by atoms with Crippen molar-refractivity contribution in [1.82, 2.24) is 4.98 Å². The molecule has 1 aliphatic rings. The van der Waals surface area contributed by atoms with Crippen molar-refractivity contribution in [3.8, 4) is 0 Å². The summed E-state index contributed by atoms with van der Waals surface area (Å²) in [5.41, 5.74) is 2.76. The first-order chi connectivity index (χ1) is 11.0. The highest BCUT2D eigenvalue weighted by atomic mass is 19.1. The maximum absolute atomic E-state index is 13.8. The second kappa shape index (κ2) is 4.77. The predicted molar refractivity (Wildman–Crippen MR) is 89.3 cm³/mol. The van der Waals surface area contributed by atoms with Gasteiger partial charge in [-0.3, -0.25) is 4.98 Å². The molecule has 0 spiro atoms. The van der Waals surface area contributed by atoms with Crippen LogP contribution in [-0.2, 0) is 5.41 Å². The van der Waals surface area contributed by atoms with Crippen molar-refractivity contribution in [2.75, 3.05) is 4.90 Å². The van der Waals surface area contributed by atoms with Crippen molar-refractivity contribution in [2.45, 2.75) is 25.5 Å². The number of benzene rings is 2. The minimum atomic E-state index is -0.701. The third kappa shape index (κ3) is 1.95. The van der Waals surface area contributed by atoms with Crippen LogP contribution in [0, 0.1) is 5.82 Å². The Bertz CT molecular complexity index is 907. The Balaban J connectivity index is 1.91. The van der Waals surface area contributed by atoms with E-state index in [2.05, 4.69) is 4.98 Å². The van der Waals surface area contributed by atoms with E-state index in [0.717, 1.165) is 22.3 Å². The predicted octanol–water partition coefficient (Wildman–Crippen LogP) is 4.12. The van der Waals surface area contributed by atoms with Crippen LogP contribution in [0.1, 0.15) is 19.4 Å². The number of nitrogens with zero attached hydrogens (tertiary/aromatic N) is 2. The molecule has 23 heavy (non-hydrogen) atoms. The molecule has 3 nitrogen and oxygen atoms in total. The Hall–Kier alpha value is -2.46. The van der Waals surface area contributed by atoms with Gasteiger partial charge in [0, 0.05) is 16.5 Å². The van der Waals surface area contributed by atoms with Crippen LogP contribution in [0.15, 0.2) is 54.7 Å². The molecule has 0 saturated heterocycles. The molecule has 4 heteroatoms. The lowest BCUT2D eigenvalue weighted by molar-refractivity contribution is 0.119. The van der Waals surface area contributed by atoms with Gasteiger partial charge in [0.1, 0.15) is 17.6 Å². The van der Waals surface area contributed by atoms with Crippen LogP contribution in [0.3, 0.4) is 0 Å². The van der Waals surface area contributed by atoms with Crippen LogP contribution in [0.5, 0.6) is 0 Å². The summed E-state index contributed by atoms with van der Waals surface area (Å²) >= 11 is 0. The molecule has 3 aromatic rings. The zero-order valence-corrected chi connectivity index (χ0v) is 13.0. The lowest BCUT2D eigenvalue weighted by Gasteiger charge is -2.29. The number of aliphatic hydroxyl groups is 1. The number of hydrogen-bond acceptors (Lipinski definition) is 3. The molecule has 0 saturated carbocycles. The van der Waals surface area contributed by atoms with Crippen molar-refractivity contribution in [3.63, 3.8) is 0 Å². The van der Waals surface area contributed by atoms with E-state index in [-0.39, 0.29) is 5.82 Å². The molecule has 0 radical (unpaired) electrons. The van der Waals surface area contributed by atoms with Crippen LogP contribution in [0.4, 0.5) is 15.8 Å². The average Bonchev–Trinajstić information content (AvgIpc) is 2.75. The van der Waals surface area contributed by atoms with Crippen LogP contribution in [-0.4, -0.2) is 16.3 Å². The summed E-state index contributed by atoms with van der Waals surface area (Å²) in [6.45, 7) is 4.04. The second-order valence-corrected chi connectivity index (χ2v) is 6.49. The van der Waals surface area contributed by atoms with Gasteiger partial charge < -0.3 is 10.0 Å². The molecule has 4 rings (SSSR count). The fraction of sp³-hybridized carbons (Fsp3) is 0.211. The van der Waals surface area contributed by atoms with Crippen molar-refractivity contribution in [1.29, 1.82) is 0 Å². The van der Waals surface area contributed by atoms with Crippen molar-refractivity contribution < 1.29 is 9.50 Å². The minimum absolute atomic E-state index is 0.336. The number of aliphatic hydroxyl groups excluding tert-OH is 1. The molecule has 116 valence electrons. The number of hydrogen-bond donors (Lipinski definition) is 1. The van der Waals surface area contributed by atoms with Gasteiger partial charge in [-0.2, -0.15) is 0 Å². The highest BCUT2D eigenvalue weighted by molar-refractivity contribution is 5.84. The maximum Gasteiger partial charge on any atom is 0.149 e. The number of halogens is 1. The van der Waals surface area contributed by atoms with E-state index in [1.165, 1.54) is 6.07 Å². The van der Waals surface area contributed by atoms with Crippen LogP contribution in [0.2, 0.25) is 0 Å². The topological polar surface area (TPSA) is 36.4 Å². The fourth-order valence-corrected chi connectivity index (χ4v) is 3.35. The van der Waals surface area contributed by atoms with Gasteiger partial charge in [-0.1, -0.05) is 44.2 Å². The van der Waals surface area contributed by atoms with Crippen LogP contribution < -0.4 is 4.90 Å². The summed E-state index contributed by atoms with van der Waals surface area (Å²) in [5.74, 6) is -0.336. The second-order valence-electron chi connectivity index (χ2n) is 6.49. The van der Waals surface area contributed by atoms with E-state index >= 15 is 0 Å². The number of fused-ring (bicyclic) bond motifs is 2. The van der Waals surface area contributed by atoms with Gasteiger partial charge in [-0.05, 0) is 23.8 Å². The first-order valence-corrected chi connectivity index (χ1v) is 7.61. The summed E-state index contributed by atoms with van der Waals surface area (Å²) in [6.07, 6.45) is 0.917. The lowest BCUT2D eigenvalue weighted by atomic mass is 9.85. The largest absolute Gasteiger partial charge is 0.372 e. The number of rotatable bonds is 1. The van der Waals surface area contributed by atoms with Crippen molar-refractivity contribution in [3.05, 3.63) is 66.1 Å². The molecular weight excluding hydrogens is 291 g/mol. The number of anilines is 2. The molecule has 1 aliphatic heterocycles. The van der Waals surface area contributed by atoms with Gasteiger partial charge in [-0.25, -0.2) is 4.39 Å². The summed E-state index contributed by atoms with van der Waals surface area (Å²) in [5, 5.41) is 11.6. The summed E-state index contributed by atoms with van der Waals surface area (Å²) in [7, 11) is 0. The third-order valence-corrected chi connectivity index (χ3v) is 4.67. The first kappa shape index (κ1) is 14.2. The molecule has 2 aromatic carbocycles. The van der Waals surface area contributed by atoms with E-state index in [1.54, 1.807) is 12.3 Å². The monoisotopic (exact) mass is 308 g/mol. The summed E-state index contributed by atoms with van der Waals surface area (Å²) in [4.78, 5) is 6.12. The van der Waals surface area contributed by atoms with Gasteiger partial charge in [0.15, 0.2) is 0 Å².